The third kappa shape index (κ3) is 4.96. The van der Waals surface area contributed by atoms with E-state index in [2.05, 4.69) is 10.4 Å². The number of nitrogens with one attached hydrogen (secondary N) is 1. The summed E-state index contributed by atoms with van der Waals surface area (Å²) in [5, 5.41) is 17.5. The molecule has 2 rings (SSSR count). The lowest BCUT2D eigenvalue weighted by Gasteiger charge is -2.13. The number of hydrogen-bond acceptors (Lipinski definition) is 5. The standard InChI is InChI=1S/C15H16F2N4O4/c1-9-6-18-20(7-9)10(2)15(22)19-11-3-12(21(23)24)5-13(4-11)25-8-14(16)17/h3-7,10,14H,8H2,1-2H3,(H,19,22). The molecule has 10 heteroatoms. The molecule has 0 aliphatic heterocycles. The van der Waals surface area contributed by atoms with E-state index in [-0.39, 0.29) is 17.1 Å². The van der Waals surface area contributed by atoms with Crippen LogP contribution in [0.3, 0.4) is 0 Å². The van der Waals surface area contributed by atoms with Crippen molar-refractivity contribution in [2.24, 2.45) is 0 Å². The van der Waals surface area contributed by atoms with E-state index in [1.165, 1.54) is 10.7 Å². The number of amides is 1. The SMILES string of the molecule is Cc1cnn(C(C)C(=O)Nc2cc(OCC(F)F)cc([N+](=O)[O-])c2)c1. The molecule has 25 heavy (non-hydrogen) atoms. The van der Waals surface area contributed by atoms with Crippen molar-refractivity contribution in [3.8, 4) is 5.75 Å². The number of aromatic nitrogens is 2. The Labute approximate surface area is 141 Å². The van der Waals surface area contributed by atoms with Crippen LogP contribution in [0.15, 0.2) is 30.6 Å². The molecule has 0 spiro atoms. The minimum absolute atomic E-state index is 0.0687. The van der Waals surface area contributed by atoms with Gasteiger partial charge in [-0.15, -0.1) is 0 Å². The van der Waals surface area contributed by atoms with Gasteiger partial charge in [0, 0.05) is 18.3 Å². The molecular formula is C15H16F2N4O4. The fraction of sp³-hybridized carbons (Fsp3) is 0.333. The summed E-state index contributed by atoms with van der Waals surface area (Å²) in [7, 11) is 0. The number of carbonyl (C=O) groups excluding carboxylic acids is 1. The van der Waals surface area contributed by atoms with Crippen LogP contribution in [0, 0.1) is 17.0 Å². The smallest absolute Gasteiger partial charge is 0.275 e. The number of anilines is 1. The summed E-state index contributed by atoms with van der Waals surface area (Å²) in [6.07, 6.45) is 0.544. The van der Waals surface area contributed by atoms with Gasteiger partial charge in [0.15, 0.2) is 0 Å². The van der Waals surface area contributed by atoms with Crippen molar-refractivity contribution in [3.05, 3.63) is 46.3 Å². The lowest BCUT2D eigenvalue weighted by molar-refractivity contribution is -0.384. The Morgan fingerprint density at radius 2 is 2.16 bits per heavy atom. The number of nitro benzene ring substituents is 1. The molecule has 0 bridgehead atoms. The first-order chi connectivity index (χ1) is 11.8. The van der Waals surface area contributed by atoms with Gasteiger partial charge in [-0.3, -0.25) is 19.6 Å². The number of benzene rings is 1. The van der Waals surface area contributed by atoms with Crippen LogP contribution in [0.1, 0.15) is 18.5 Å². The summed E-state index contributed by atoms with van der Waals surface area (Å²) < 4.78 is 30.7. The highest BCUT2D eigenvalue weighted by atomic mass is 19.3. The van der Waals surface area contributed by atoms with Crippen molar-refractivity contribution >= 4 is 17.3 Å². The summed E-state index contributed by atoms with van der Waals surface area (Å²) in [6.45, 7) is 2.52. The van der Waals surface area contributed by atoms with Crippen molar-refractivity contribution in [2.45, 2.75) is 26.3 Å². The summed E-state index contributed by atoms with van der Waals surface area (Å²) in [4.78, 5) is 22.5. The van der Waals surface area contributed by atoms with E-state index < -0.39 is 29.9 Å². The van der Waals surface area contributed by atoms with E-state index in [4.69, 9.17) is 4.74 Å². The minimum Gasteiger partial charge on any atom is -0.487 e. The normalized spacial score (nSPS) is 12.0. The topological polar surface area (TPSA) is 99.3 Å². The van der Waals surface area contributed by atoms with E-state index >= 15 is 0 Å². The lowest BCUT2D eigenvalue weighted by atomic mass is 10.2. The highest BCUT2D eigenvalue weighted by Crippen LogP contribution is 2.27. The van der Waals surface area contributed by atoms with E-state index in [1.54, 1.807) is 19.3 Å². The second-order valence-electron chi connectivity index (χ2n) is 5.34. The molecule has 0 radical (unpaired) electrons. The van der Waals surface area contributed by atoms with Crippen LogP contribution in [0.5, 0.6) is 5.75 Å². The van der Waals surface area contributed by atoms with Crippen molar-refractivity contribution in [1.82, 2.24) is 9.78 Å². The zero-order valence-corrected chi connectivity index (χ0v) is 13.5. The molecule has 0 aliphatic carbocycles. The number of rotatable bonds is 7. The zero-order chi connectivity index (χ0) is 18.6. The Balaban J connectivity index is 2.19. The maximum atomic E-state index is 12.3. The molecule has 0 fully saturated rings. The quantitative estimate of drug-likeness (QED) is 0.609. The largest absolute Gasteiger partial charge is 0.487 e. The Bertz CT molecular complexity index is 779. The first-order valence-corrected chi connectivity index (χ1v) is 7.28. The summed E-state index contributed by atoms with van der Waals surface area (Å²) in [6, 6.07) is 2.71. The van der Waals surface area contributed by atoms with Gasteiger partial charge in [-0.2, -0.15) is 5.10 Å². The second-order valence-corrected chi connectivity index (χ2v) is 5.34. The fourth-order valence-electron chi connectivity index (χ4n) is 2.02. The molecule has 0 aliphatic rings. The predicted octanol–water partition coefficient (Wildman–Crippen LogP) is 2.94. The highest BCUT2D eigenvalue weighted by Gasteiger charge is 2.18. The van der Waals surface area contributed by atoms with Gasteiger partial charge in [-0.25, -0.2) is 8.78 Å². The van der Waals surface area contributed by atoms with Crippen molar-refractivity contribution in [1.29, 1.82) is 0 Å². The van der Waals surface area contributed by atoms with Gasteiger partial charge >= 0.3 is 0 Å². The summed E-state index contributed by atoms with van der Waals surface area (Å²) in [5.41, 5.74) is 0.557. The van der Waals surface area contributed by atoms with Crippen LogP contribution in [0.2, 0.25) is 0 Å². The lowest BCUT2D eigenvalue weighted by Crippen LogP contribution is -2.24. The summed E-state index contributed by atoms with van der Waals surface area (Å²) in [5.74, 6) is -0.601. The average Bonchev–Trinajstić information content (AvgIpc) is 2.98. The predicted molar refractivity (Wildman–Crippen MR) is 84.9 cm³/mol. The molecule has 8 nitrogen and oxygen atoms in total. The number of nitrogens with zero attached hydrogens (tertiary/aromatic N) is 3. The van der Waals surface area contributed by atoms with Crippen molar-refractivity contribution in [3.63, 3.8) is 0 Å². The van der Waals surface area contributed by atoms with Gasteiger partial charge in [0.05, 0.1) is 22.9 Å². The van der Waals surface area contributed by atoms with Gasteiger partial charge in [-0.05, 0) is 19.4 Å². The van der Waals surface area contributed by atoms with Gasteiger partial charge in [0.1, 0.15) is 18.4 Å². The van der Waals surface area contributed by atoms with E-state index in [0.29, 0.717) is 0 Å². The molecule has 2 aromatic rings. The number of nitro groups is 1. The van der Waals surface area contributed by atoms with Gasteiger partial charge < -0.3 is 10.1 Å². The van der Waals surface area contributed by atoms with Gasteiger partial charge in [-0.1, -0.05) is 0 Å². The second kappa shape index (κ2) is 7.69. The Hall–Kier alpha value is -3.04. The molecule has 134 valence electrons. The third-order valence-corrected chi connectivity index (χ3v) is 3.25. The first-order valence-electron chi connectivity index (χ1n) is 7.28. The highest BCUT2D eigenvalue weighted by molar-refractivity contribution is 5.93. The molecule has 1 unspecified atom stereocenters. The van der Waals surface area contributed by atoms with E-state index in [0.717, 1.165) is 17.7 Å². The minimum atomic E-state index is -2.72. The summed E-state index contributed by atoms with van der Waals surface area (Å²) >= 11 is 0. The van der Waals surface area contributed by atoms with Crippen LogP contribution in [0.4, 0.5) is 20.2 Å². The number of aryl methyl sites for hydroxylation is 1. The van der Waals surface area contributed by atoms with Crippen LogP contribution in [-0.2, 0) is 4.79 Å². The van der Waals surface area contributed by atoms with Crippen LogP contribution < -0.4 is 10.1 Å². The Morgan fingerprint density at radius 1 is 1.44 bits per heavy atom. The number of carbonyl (C=O) groups is 1. The molecule has 1 aromatic heterocycles. The van der Waals surface area contributed by atoms with E-state index in [9.17, 15) is 23.7 Å². The van der Waals surface area contributed by atoms with Crippen LogP contribution >= 0.6 is 0 Å². The zero-order valence-electron chi connectivity index (χ0n) is 13.5. The third-order valence-electron chi connectivity index (χ3n) is 3.25. The maximum Gasteiger partial charge on any atom is 0.275 e. The van der Waals surface area contributed by atoms with Crippen molar-refractivity contribution in [2.75, 3.05) is 11.9 Å². The number of ether oxygens (including phenoxy) is 1. The molecule has 1 aromatic carbocycles. The molecule has 0 saturated heterocycles. The molecule has 1 amide bonds. The first kappa shape index (κ1) is 18.3. The Kier molecular flexibility index (Phi) is 5.63. The molecule has 1 N–H and O–H groups in total. The van der Waals surface area contributed by atoms with Crippen LogP contribution in [0.25, 0.3) is 0 Å². The van der Waals surface area contributed by atoms with Crippen LogP contribution in [-0.4, -0.2) is 33.6 Å². The van der Waals surface area contributed by atoms with E-state index in [1.807, 2.05) is 6.92 Å². The van der Waals surface area contributed by atoms with Gasteiger partial charge in [0.2, 0.25) is 5.91 Å². The number of hydrogen-bond donors (Lipinski definition) is 1. The molecule has 1 heterocycles. The average molecular weight is 354 g/mol. The molecular weight excluding hydrogens is 338 g/mol. The number of non-ortho nitro benzene ring substituents is 1. The molecule has 1 atom stereocenters. The molecule has 0 saturated carbocycles. The Morgan fingerprint density at radius 3 is 2.72 bits per heavy atom. The van der Waals surface area contributed by atoms with Crippen molar-refractivity contribution < 1.29 is 23.2 Å². The van der Waals surface area contributed by atoms with Gasteiger partial charge in [0.25, 0.3) is 12.1 Å². The number of alkyl halides is 2. The number of halogens is 2. The monoisotopic (exact) mass is 354 g/mol. The fourth-order valence-corrected chi connectivity index (χ4v) is 2.02. The maximum absolute atomic E-state index is 12.3.